The van der Waals surface area contributed by atoms with Crippen LogP contribution in [-0.2, 0) is 6.18 Å². The van der Waals surface area contributed by atoms with E-state index < -0.39 is 17.6 Å². The number of halogens is 4. The molecule has 0 radical (unpaired) electrons. The van der Waals surface area contributed by atoms with E-state index in [0.717, 1.165) is 25.2 Å². The Labute approximate surface area is 133 Å². The molecule has 1 aliphatic heterocycles. The molecule has 0 saturated carbocycles. The molecule has 3 heterocycles. The Kier molecular flexibility index (Phi) is 3.30. The number of aromatic nitrogens is 4. The molecule has 3 aromatic rings. The number of piperazine rings is 1. The lowest BCUT2D eigenvalue weighted by molar-refractivity contribution is -0.139. The normalized spacial score (nSPS) is 16.2. The number of anilines is 1. The van der Waals surface area contributed by atoms with Crippen LogP contribution in [0.5, 0.6) is 0 Å². The third-order valence-corrected chi connectivity index (χ3v) is 3.99. The molecule has 0 unspecified atom stereocenters. The number of nitrogens with zero attached hydrogens (tertiary/aromatic N) is 5. The van der Waals surface area contributed by atoms with Gasteiger partial charge in [0.05, 0.1) is 16.6 Å². The molecule has 10 heteroatoms. The first-order valence-electron chi connectivity index (χ1n) is 7.31. The fraction of sp³-hybridized carbons (Fsp3) is 0.357. The van der Waals surface area contributed by atoms with Gasteiger partial charge in [0.15, 0.2) is 11.5 Å². The predicted molar refractivity (Wildman–Crippen MR) is 78.3 cm³/mol. The SMILES string of the molecule is Fc1cc2nc(N3CCNCC3)c3ncnn3c2cc1C(F)(F)F. The Morgan fingerprint density at radius 1 is 1.12 bits per heavy atom. The van der Waals surface area contributed by atoms with Crippen molar-refractivity contribution in [3.05, 3.63) is 29.8 Å². The molecule has 1 N–H and O–H groups in total. The molecule has 4 rings (SSSR count). The van der Waals surface area contributed by atoms with Crippen LogP contribution in [-0.4, -0.2) is 45.8 Å². The standard InChI is InChI=1S/C14H12F4N6/c15-9-6-10-11(5-8(9)14(16,17)18)24-12(20-7-21-24)13(22-10)23-3-1-19-2-4-23/h5-7,19H,1-4H2. The molecule has 6 nitrogen and oxygen atoms in total. The fourth-order valence-electron chi connectivity index (χ4n) is 2.85. The summed E-state index contributed by atoms with van der Waals surface area (Å²) in [6, 6.07) is 1.52. The van der Waals surface area contributed by atoms with Gasteiger partial charge in [0.25, 0.3) is 0 Å². The van der Waals surface area contributed by atoms with E-state index in [1.807, 2.05) is 4.90 Å². The van der Waals surface area contributed by atoms with Crippen LogP contribution in [0.3, 0.4) is 0 Å². The first kappa shape index (κ1) is 15.1. The molecule has 0 aliphatic carbocycles. The minimum absolute atomic E-state index is 0.0649. The van der Waals surface area contributed by atoms with Crippen molar-refractivity contribution in [3.8, 4) is 0 Å². The average Bonchev–Trinajstić information content (AvgIpc) is 3.03. The second kappa shape index (κ2) is 5.26. The van der Waals surface area contributed by atoms with E-state index in [2.05, 4.69) is 20.4 Å². The Morgan fingerprint density at radius 2 is 1.88 bits per heavy atom. The van der Waals surface area contributed by atoms with Crippen LogP contribution in [0.2, 0.25) is 0 Å². The lowest BCUT2D eigenvalue weighted by Gasteiger charge is -2.28. The molecule has 24 heavy (non-hydrogen) atoms. The van der Waals surface area contributed by atoms with Gasteiger partial charge in [-0.15, -0.1) is 0 Å². The smallest absolute Gasteiger partial charge is 0.351 e. The lowest BCUT2D eigenvalue weighted by atomic mass is 10.1. The Balaban J connectivity index is 1.98. The molecule has 2 aromatic heterocycles. The third-order valence-electron chi connectivity index (χ3n) is 3.99. The number of alkyl halides is 3. The minimum Gasteiger partial charge on any atom is -0.351 e. The van der Waals surface area contributed by atoms with Crippen LogP contribution in [0, 0.1) is 5.82 Å². The van der Waals surface area contributed by atoms with E-state index in [-0.39, 0.29) is 11.0 Å². The monoisotopic (exact) mass is 340 g/mol. The summed E-state index contributed by atoms with van der Waals surface area (Å²) in [7, 11) is 0. The van der Waals surface area contributed by atoms with Crippen molar-refractivity contribution in [2.45, 2.75) is 6.18 Å². The van der Waals surface area contributed by atoms with Gasteiger partial charge in [-0.3, -0.25) is 0 Å². The Bertz CT molecular complexity index is 913. The molecule has 126 valence electrons. The third kappa shape index (κ3) is 2.33. The number of rotatable bonds is 1. The maximum Gasteiger partial charge on any atom is 0.419 e. The van der Waals surface area contributed by atoms with E-state index in [0.29, 0.717) is 24.6 Å². The van der Waals surface area contributed by atoms with Crippen molar-refractivity contribution in [1.82, 2.24) is 24.9 Å². The van der Waals surface area contributed by atoms with Crippen molar-refractivity contribution >= 4 is 22.5 Å². The van der Waals surface area contributed by atoms with Crippen molar-refractivity contribution in [2.24, 2.45) is 0 Å². The Hall–Kier alpha value is -2.49. The van der Waals surface area contributed by atoms with E-state index in [1.165, 1.54) is 10.8 Å². The zero-order chi connectivity index (χ0) is 16.9. The zero-order valence-electron chi connectivity index (χ0n) is 12.3. The van der Waals surface area contributed by atoms with Crippen LogP contribution in [0.4, 0.5) is 23.4 Å². The van der Waals surface area contributed by atoms with Crippen LogP contribution in [0.15, 0.2) is 18.5 Å². The largest absolute Gasteiger partial charge is 0.419 e. The lowest BCUT2D eigenvalue weighted by Crippen LogP contribution is -2.44. The molecule has 0 spiro atoms. The molecular weight excluding hydrogens is 328 g/mol. The van der Waals surface area contributed by atoms with Crippen molar-refractivity contribution < 1.29 is 17.6 Å². The first-order valence-corrected chi connectivity index (χ1v) is 7.31. The molecule has 1 saturated heterocycles. The highest BCUT2D eigenvalue weighted by Crippen LogP contribution is 2.34. The van der Waals surface area contributed by atoms with Gasteiger partial charge in [0, 0.05) is 32.2 Å². The number of benzene rings is 1. The van der Waals surface area contributed by atoms with Crippen molar-refractivity contribution in [1.29, 1.82) is 0 Å². The first-order chi connectivity index (χ1) is 11.4. The molecule has 1 aromatic carbocycles. The summed E-state index contributed by atoms with van der Waals surface area (Å²) in [5.74, 6) is -0.867. The van der Waals surface area contributed by atoms with Crippen molar-refractivity contribution in [2.75, 3.05) is 31.1 Å². The van der Waals surface area contributed by atoms with Gasteiger partial charge in [0.1, 0.15) is 12.1 Å². The maximum atomic E-state index is 13.9. The van der Waals surface area contributed by atoms with E-state index >= 15 is 0 Å². The Morgan fingerprint density at radius 3 is 2.58 bits per heavy atom. The fourth-order valence-corrected chi connectivity index (χ4v) is 2.85. The molecular formula is C14H12F4N6. The quantitative estimate of drug-likeness (QED) is 0.685. The zero-order valence-corrected chi connectivity index (χ0v) is 12.3. The second-order valence-corrected chi connectivity index (χ2v) is 5.49. The van der Waals surface area contributed by atoms with Crippen molar-refractivity contribution in [3.63, 3.8) is 0 Å². The predicted octanol–water partition coefficient (Wildman–Crippen LogP) is 1.84. The van der Waals surface area contributed by atoms with Crippen LogP contribution in [0.25, 0.3) is 16.7 Å². The highest BCUT2D eigenvalue weighted by Gasteiger charge is 2.35. The number of fused-ring (bicyclic) bond motifs is 3. The summed E-state index contributed by atoms with van der Waals surface area (Å²) in [6.07, 6.45) is -3.54. The van der Waals surface area contributed by atoms with Gasteiger partial charge >= 0.3 is 6.18 Å². The molecule has 0 bridgehead atoms. The molecule has 0 amide bonds. The second-order valence-electron chi connectivity index (χ2n) is 5.49. The van der Waals surface area contributed by atoms with Crippen LogP contribution >= 0.6 is 0 Å². The number of hydrogen-bond donors (Lipinski definition) is 1. The highest BCUT2D eigenvalue weighted by molar-refractivity contribution is 5.83. The summed E-state index contributed by atoms with van der Waals surface area (Å²) >= 11 is 0. The summed E-state index contributed by atoms with van der Waals surface area (Å²) in [5, 5.41) is 7.19. The molecule has 1 aliphatic rings. The number of hydrogen-bond acceptors (Lipinski definition) is 5. The van der Waals surface area contributed by atoms with E-state index in [9.17, 15) is 17.6 Å². The summed E-state index contributed by atoms with van der Waals surface area (Å²) in [4.78, 5) is 10.4. The van der Waals surface area contributed by atoms with E-state index in [1.54, 1.807) is 0 Å². The topological polar surface area (TPSA) is 58.4 Å². The van der Waals surface area contributed by atoms with Gasteiger partial charge in [-0.25, -0.2) is 18.9 Å². The van der Waals surface area contributed by atoms with Crippen LogP contribution < -0.4 is 10.2 Å². The minimum atomic E-state index is -4.79. The number of nitrogens with one attached hydrogen (secondary N) is 1. The summed E-state index contributed by atoms with van der Waals surface area (Å²) in [5.41, 5.74) is -0.824. The maximum absolute atomic E-state index is 13.9. The van der Waals surface area contributed by atoms with Gasteiger partial charge in [-0.2, -0.15) is 18.3 Å². The van der Waals surface area contributed by atoms with Gasteiger partial charge in [-0.1, -0.05) is 0 Å². The van der Waals surface area contributed by atoms with Crippen LogP contribution in [0.1, 0.15) is 5.56 Å². The van der Waals surface area contributed by atoms with Gasteiger partial charge in [-0.05, 0) is 6.07 Å². The van der Waals surface area contributed by atoms with E-state index in [4.69, 9.17) is 0 Å². The molecule has 0 atom stereocenters. The summed E-state index contributed by atoms with van der Waals surface area (Å²) in [6.45, 7) is 2.84. The summed E-state index contributed by atoms with van der Waals surface area (Å²) < 4.78 is 54.0. The average molecular weight is 340 g/mol. The highest BCUT2D eigenvalue weighted by atomic mass is 19.4. The molecule has 1 fully saturated rings. The van der Waals surface area contributed by atoms with Gasteiger partial charge in [0.2, 0.25) is 0 Å². The van der Waals surface area contributed by atoms with Gasteiger partial charge < -0.3 is 10.2 Å².